The van der Waals surface area contributed by atoms with E-state index in [1.807, 2.05) is 49.5 Å². The maximum Gasteiger partial charge on any atom is 0.339 e. The van der Waals surface area contributed by atoms with Crippen molar-refractivity contribution < 1.29 is 4.79 Å². The van der Waals surface area contributed by atoms with E-state index in [9.17, 15) is 4.79 Å². The van der Waals surface area contributed by atoms with Gasteiger partial charge in [0.15, 0.2) is 0 Å². The van der Waals surface area contributed by atoms with E-state index in [1.165, 1.54) is 0 Å². The Hall–Kier alpha value is -2.56. The molecule has 0 fully saturated rings. The average molecular weight is 268 g/mol. The zero-order valence-corrected chi connectivity index (χ0v) is 11.3. The van der Waals surface area contributed by atoms with Crippen molar-refractivity contribution in [3.63, 3.8) is 0 Å². The summed E-state index contributed by atoms with van der Waals surface area (Å²) in [7, 11) is 0. The van der Waals surface area contributed by atoms with Crippen molar-refractivity contribution in [2.24, 2.45) is 5.10 Å². The number of benzene rings is 1. The Morgan fingerprint density at radius 3 is 2.95 bits per heavy atom. The molecule has 20 heavy (non-hydrogen) atoms. The minimum Gasteiger partial charge on any atom is -0.346 e. The molecule has 1 aliphatic heterocycles. The smallest absolute Gasteiger partial charge is 0.339 e. The second kappa shape index (κ2) is 5.21. The van der Waals surface area contributed by atoms with E-state index in [0.29, 0.717) is 0 Å². The van der Waals surface area contributed by atoms with Crippen LogP contribution in [0.5, 0.6) is 0 Å². The summed E-state index contributed by atoms with van der Waals surface area (Å²) in [5.41, 5.74) is 6.35. The molecule has 0 atom stereocenters. The molecule has 0 saturated carbocycles. The molecule has 0 spiro atoms. The van der Waals surface area contributed by atoms with Gasteiger partial charge in [0.25, 0.3) is 0 Å². The molecule has 2 amide bonds. The predicted octanol–water partition coefficient (Wildman–Crippen LogP) is 2.73. The summed E-state index contributed by atoms with van der Waals surface area (Å²) < 4.78 is 2.12. The number of para-hydroxylation sites is 1. The van der Waals surface area contributed by atoms with E-state index in [0.717, 1.165) is 35.6 Å². The highest BCUT2D eigenvalue weighted by Gasteiger charge is 2.16. The lowest BCUT2D eigenvalue weighted by molar-refractivity contribution is 0.252. The molecule has 5 heteroatoms. The quantitative estimate of drug-likeness (QED) is 0.808. The third-order valence-electron chi connectivity index (χ3n) is 3.40. The number of fused-ring (bicyclic) bond motifs is 1. The van der Waals surface area contributed by atoms with Gasteiger partial charge >= 0.3 is 6.03 Å². The van der Waals surface area contributed by atoms with Gasteiger partial charge in [0.05, 0.1) is 11.4 Å². The van der Waals surface area contributed by atoms with Gasteiger partial charge in [-0.2, -0.15) is 5.10 Å². The van der Waals surface area contributed by atoms with Crippen molar-refractivity contribution in [2.75, 3.05) is 5.32 Å². The van der Waals surface area contributed by atoms with Gasteiger partial charge in [-0.1, -0.05) is 18.2 Å². The number of hydrogen-bond donors (Lipinski definition) is 2. The molecule has 2 aromatic rings. The third kappa shape index (κ3) is 2.42. The highest BCUT2D eigenvalue weighted by molar-refractivity contribution is 6.02. The van der Waals surface area contributed by atoms with Crippen LogP contribution in [0.25, 0.3) is 0 Å². The van der Waals surface area contributed by atoms with E-state index >= 15 is 0 Å². The molecule has 0 aliphatic carbocycles. The molecule has 3 rings (SSSR count). The largest absolute Gasteiger partial charge is 0.346 e. The Morgan fingerprint density at radius 1 is 1.25 bits per heavy atom. The number of hydrogen-bond acceptors (Lipinski definition) is 2. The first-order valence-corrected chi connectivity index (χ1v) is 6.59. The normalized spacial score (nSPS) is 15.2. The van der Waals surface area contributed by atoms with Crippen molar-refractivity contribution in [3.8, 4) is 0 Å². The first-order valence-electron chi connectivity index (χ1n) is 6.59. The van der Waals surface area contributed by atoms with Crippen molar-refractivity contribution in [3.05, 3.63) is 53.9 Å². The number of nitrogens with one attached hydrogen (secondary N) is 2. The number of nitrogens with zero attached hydrogens (tertiary/aromatic N) is 2. The summed E-state index contributed by atoms with van der Waals surface area (Å²) in [6.45, 7) is 2.87. The van der Waals surface area contributed by atoms with Crippen molar-refractivity contribution in [1.82, 2.24) is 9.99 Å². The molecule has 0 bridgehead atoms. The van der Waals surface area contributed by atoms with Crippen molar-refractivity contribution >= 4 is 17.4 Å². The molecule has 2 N–H and O–H groups in total. The van der Waals surface area contributed by atoms with Gasteiger partial charge in [0.1, 0.15) is 0 Å². The second-order valence-corrected chi connectivity index (χ2v) is 4.78. The predicted molar refractivity (Wildman–Crippen MR) is 78.9 cm³/mol. The molecular weight excluding hydrogens is 252 g/mol. The molecule has 1 aromatic carbocycles. The average Bonchev–Trinajstić information content (AvgIpc) is 3.02. The monoisotopic (exact) mass is 268 g/mol. The SMILES string of the molecule is Cc1ccccc1NC(=O)N/N=C1/CCn2cccc21. The number of carbonyl (C=O) groups is 1. The first kappa shape index (κ1) is 12.5. The van der Waals surface area contributed by atoms with Crippen molar-refractivity contribution in [2.45, 2.75) is 19.9 Å². The molecule has 5 nitrogen and oxygen atoms in total. The van der Waals surface area contributed by atoms with Crippen molar-refractivity contribution in [1.29, 1.82) is 0 Å². The van der Waals surface area contributed by atoms with Gasteiger partial charge in [-0.15, -0.1) is 0 Å². The minimum absolute atomic E-state index is 0.322. The van der Waals surface area contributed by atoms with Gasteiger partial charge in [0.2, 0.25) is 0 Å². The molecule has 0 saturated heterocycles. The highest BCUT2D eigenvalue weighted by Crippen LogP contribution is 2.15. The summed E-state index contributed by atoms with van der Waals surface area (Å²) in [6.07, 6.45) is 2.87. The number of aromatic nitrogens is 1. The molecular formula is C15H16N4O. The molecule has 2 heterocycles. The zero-order chi connectivity index (χ0) is 13.9. The lowest BCUT2D eigenvalue weighted by Gasteiger charge is -2.07. The Morgan fingerprint density at radius 2 is 2.10 bits per heavy atom. The number of rotatable bonds is 2. The van der Waals surface area contributed by atoms with Gasteiger partial charge in [-0.25, -0.2) is 10.2 Å². The molecule has 102 valence electrons. The van der Waals surface area contributed by atoms with Crippen LogP contribution >= 0.6 is 0 Å². The Kier molecular flexibility index (Phi) is 3.25. The van der Waals surface area contributed by atoms with E-state index in [-0.39, 0.29) is 6.03 Å². The molecule has 0 radical (unpaired) electrons. The molecule has 0 unspecified atom stereocenters. The fourth-order valence-electron chi connectivity index (χ4n) is 2.32. The number of urea groups is 1. The fraction of sp³-hybridized carbons (Fsp3) is 0.200. The summed E-state index contributed by atoms with van der Waals surface area (Å²) in [5, 5.41) is 6.98. The standard InChI is InChI=1S/C15H16N4O/c1-11-5-2-3-6-12(11)16-15(20)18-17-13-8-10-19-9-4-7-14(13)19/h2-7,9H,8,10H2,1H3,(H2,16,18,20)/b17-13-. The topological polar surface area (TPSA) is 58.4 Å². The summed E-state index contributed by atoms with van der Waals surface area (Å²) in [6, 6.07) is 11.3. The highest BCUT2D eigenvalue weighted by atomic mass is 16.2. The first-order chi connectivity index (χ1) is 9.74. The number of anilines is 1. The minimum atomic E-state index is -0.322. The van der Waals surface area contributed by atoms with Crippen LogP contribution in [0.2, 0.25) is 0 Å². The van der Waals surface area contributed by atoms with Gasteiger partial charge in [-0.3, -0.25) is 0 Å². The molecule has 1 aromatic heterocycles. The number of amides is 2. The van der Waals surface area contributed by atoms with Crippen LogP contribution in [0.4, 0.5) is 10.5 Å². The van der Waals surface area contributed by atoms with Gasteiger partial charge in [0, 0.05) is 24.8 Å². The van der Waals surface area contributed by atoms with Gasteiger partial charge < -0.3 is 9.88 Å². The van der Waals surface area contributed by atoms with Crippen LogP contribution < -0.4 is 10.7 Å². The maximum atomic E-state index is 11.8. The Bertz CT molecular complexity index is 672. The number of aryl methyl sites for hydroxylation is 2. The van der Waals surface area contributed by atoms with Crippen LogP contribution in [-0.4, -0.2) is 16.3 Å². The van der Waals surface area contributed by atoms with Gasteiger partial charge in [-0.05, 0) is 30.7 Å². The third-order valence-corrected chi connectivity index (χ3v) is 3.40. The Balaban J connectivity index is 1.65. The maximum absolute atomic E-state index is 11.8. The lowest BCUT2D eigenvalue weighted by atomic mass is 10.2. The van der Waals surface area contributed by atoms with E-state index in [2.05, 4.69) is 20.4 Å². The van der Waals surface area contributed by atoms with Crippen LogP contribution in [0.1, 0.15) is 17.7 Å². The number of carbonyl (C=O) groups excluding carboxylic acids is 1. The van der Waals surface area contributed by atoms with E-state index in [1.54, 1.807) is 0 Å². The summed E-state index contributed by atoms with van der Waals surface area (Å²) >= 11 is 0. The number of hydrazone groups is 1. The Labute approximate surface area is 117 Å². The summed E-state index contributed by atoms with van der Waals surface area (Å²) in [4.78, 5) is 11.8. The summed E-state index contributed by atoms with van der Waals surface area (Å²) in [5.74, 6) is 0. The zero-order valence-electron chi connectivity index (χ0n) is 11.3. The van der Waals surface area contributed by atoms with Crippen LogP contribution in [0, 0.1) is 6.92 Å². The second-order valence-electron chi connectivity index (χ2n) is 4.78. The lowest BCUT2D eigenvalue weighted by Crippen LogP contribution is -2.25. The van der Waals surface area contributed by atoms with Crippen LogP contribution in [-0.2, 0) is 6.54 Å². The van der Waals surface area contributed by atoms with Crippen LogP contribution in [0.3, 0.4) is 0 Å². The van der Waals surface area contributed by atoms with E-state index in [4.69, 9.17) is 0 Å². The fourth-order valence-corrected chi connectivity index (χ4v) is 2.32. The molecule has 1 aliphatic rings. The van der Waals surface area contributed by atoms with E-state index < -0.39 is 0 Å². The van der Waals surface area contributed by atoms with Crippen LogP contribution in [0.15, 0.2) is 47.7 Å².